The molecule has 2 aromatic rings. The number of anilines is 2. The van der Waals surface area contributed by atoms with Crippen molar-refractivity contribution in [3.63, 3.8) is 0 Å². The van der Waals surface area contributed by atoms with Crippen LogP contribution in [-0.4, -0.2) is 66.9 Å². The molecule has 3 heterocycles. The highest BCUT2D eigenvalue weighted by Crippen LogP contribution is 2.40. The van der Waals surface area contributed by atoms with Crippen LogP contribution in [0.3, 0.4) is 0 Å². The van der Waals surface area contributed by atoms with Gasteiger partial charge in [-0.15, -0.1) is 0 Å². The lowest BCUT2D eigenvalue weighted by Crippen LogP contribution is -2.44. The Morgan fingerprint density at radius 3 is 2.70 bits per heavy atom. The SMILES string of the molecule is O=C1Nc2cc(Br)ccc2/C1=C1/Nc2ccc(C(=O)O)cc2/C1=N\OCCN1CCNCC1. The zero-order chi connectivity index (χ0) is 22.9. The van der Waals surface area contributed by atoms with E-state index in [2.05, 4.69) is 41.9 Å². The summed E-state index contributed by atoms with van der Waals surface area (Å²) < 4.78 is 0.853. The molecule has 0 radical (unpaired) electrons. The van der Waals surface area contributed by atoms with Crippen molar-refractivity contribution in [3.8, 4) is 0 Å². The average Bonchev–Trinajstić information content (AvgIpc) is 3.32. The van der Waals surface area contributed by atoms with Crippen molar-refractivity contribution in [2.24, 2.45) is 5.16 Å². The summed E-state index contributed by atoms with van der Waals surface area (Å²) in [6.45, 7) is 4.92. The van der Waals surface area contributed by atoms with Gasteiger partial charge in [0.2, 0.25) is 0 Å². The molecule has 1 saturated heterocycles. The number of piperazine rings is 1. The number of carbonyl (C=O) groups is 2. The van der Waals surface area contributed by atoms with Crippen molar-refractivity contribution in [3.05, 3.63) is 63.3 Å². The summed E-state index contributed by atoms with van der Waals surface area (Å²) in [6.07, 6.45) is 0. The van der Waals surface area contributed by atoms with Crippen LogP contribution < -0.4 is 16.0 Å². The topological polar surface area (TPSA) is 115 Å². The van der Waals surface area contributed by atoms with E-state index < -0.39 is 5.97 Å². The van der Waals surface area contributed by atoms with Gasteiger partial charge in [0.05, 0.1) is 22.5 Å². The number of carboxylic acid groups (broad SMARTS) is 1. The van der Waals surface area contributed by atoms with Gasteiger partial charge in [-0.25, -0.2) is 4.79 Å². The van der Waals surface area contributed by atoms with E-state index in [0.717, 1.165) is 42.8 Å². The summed E-state index contributed by atoms with van der Waals surface area (Å²) >= 11 is 3.43. The highest BCUT2D eigenvalue weighted by molar-refractivity contribution is 9.10. The Bertz CT molecular complexity index is 1200. The first kappa shape index (κ1) is 21.6. The van der Waals surface area contributed by atoms with E-state index >= 15 is 0 Å². The molecule has 3 aliphatic rings. The third-order valence-electron chi connectivity index (χ3n) is 5.86. The number of hydrogen-bond donors (Lipinski definition) is 4. The molecule has 10 heteroatoms. The van der Waals surface area contributed by atoms with E-state index in [9.17, 15) is 14.7 Å². The van der Waals surface area contributed by atoms with Gasteiger partial charge in [0.1, 0.15) is 12.3 Å². The number of benzene rings is 2. The van der Waals surface area contributed by atoms with Crippen LogP contribution in [0.4, 0.5) is 11.4 Å². The van der Waals surface area contributed by atoms with Crippen LogP contribution in [0.25, 0.3) is 5.57 Å². The number of allylic oxidation sites excluding steroid dienone is 1. The lowest BCUT2D eigenvalue weighted by Gasteiger charge is -2.26. The fourth-order valence-corrected chi connectivity index (χ4v) is 4.56. The van der Waals surface area contributed by atoms with E-state index in [-0.39, 0.29) is 11.5 Å². The van der Waals surface area contributed by atoms with Gasteiger partial charge < -0.3 is 25.9 Å². The molecule has 9 nitrogen and oxygen atoms in total. The smallest absolute Gasteiger partial charge is 0.335 e. The maximum atomic E-state index is 12.9. The Balaban J connectivity index is 1.51. The molecule has 0 aliphatic carbocycles. The number of oxime groups is 1. The minimum Gasteiger partial charge on any atom is -0.478 e. The molecule has 0 spiro atoms. The fraction of sp³-hybridized carbons (Fsp3) is 0.261. The van der Waals surface area contributed by atoms with Gasteiger partial charge in [-0.1, -0.05) is 27.2 Å². The molecule has 2 aromatic carbocycles. The first-order chi connectivity index (χ1) is 16.0. The van der Waals surface area contributed by atoms with Crippen molar-refractivity contribution in [1.29, 1.82) is 0 Å². The molecular formula is C23H22BrN5O4. The van der Waals surface area contributed by atoms with E-state index in [1.807, 2.05) is 18.2 Å². The molecule has 5 rings (SSSR count). The maximum absolute atomic E-state index is 12.9. The summed E-state index contributed by atoms with van der Waals surface area (Å²) in [4.78, 5) is 32.4. The van der Waals surface area contributed by atoms with Crippen LogP contribution in [0.15, 0.2) is 51.7 Å². The first-order valence-electron chi connectivity index (χ1n) is 10.6. The van der Waals surface area contributed by atoms with Crippen molar-refractivity contribution in [2.45, 2.75) is 0 Å². The van der Waals surface area contributed by atoms with E-state index in [1.54, 1.807) is 12.1 Å². The quantitative estimate of drug-likeness (QED) is 0.277. The minimum absolute atomic E-state index is 0.135. The number of nitrogens with one attached hydrogen (secondary N) is 3. The molecular weight excluding hydrogens is 490 g/mol. The number of hydrogen-bond acceptors (Lipinski definition) is 7. The van der Waals surface area contributed by atoms with Gasteiger partial charge >= 0.3 is 5.97 Å². The predicted octanol–water partition coefficient (Wildman–Crippen LogP) is 2.56. The van der Waals surface area contributed by atoms with Crippen molar-refractivity contribution >= 4 is 50.5 Å². The Morgan fingerprint density at radius 2 is 1.91 bits per heavy atom. The predicted molar refractivity (Wildman–Crippen MR) is 129 cm³/mol. The molecule has 0 bridgehead atoms. The van der Waals surface area contributed by atoms with Crippen LogP contribution in [0.5, 0.6) is 0 Å². The molecule has 0 saturated carbocycles. The van der Waals surface area contributed by atoms with Gasteiger partial charge in [0.15, 0.2) is 0 Å². The molecule has 3 aliphatic heterocycles. The zero-order valence-corrected chi connectivity index (χ0v) is 19.2. The summed E-state index contributed by atoms with van der Waals surface area (Å²) in [5, 5.41) is 23.3. The van der Waals surface area contributed by atoms with E-state index in [4.69, 9.17) is 4.84 Å². The molecule has 0 unspecified atom stereocenters. The maximum Gasteiger partial charge on any atom is 0.335 e. The van der Waals surface area contributed by atoms with E-state index in [1.165, 1.54) is 6.07 Å². The highest BCUT2D eigenvalue weighted by atomic mass is 79.9. The number of amides is 1. The second-order valence-electron chi connectivity index (χ2n) is 7.95. The average molecular weight is 512 g/mol. The van der Waals surface area contributed by atoms with Crippen LogP contribution in [-0.2, 0) is 9.63 Å². The zero-order valence-electron chi connectivity index (χ0n) is 17.7. The minimum atomic E-state index is -1.04. The van der Waals surface area contributed by atoms with Crippen LogP contribution in [0.2, 0.25) is 0 Å². The lowest BCUT2D eigenvalue weighted by molar-refractivity contribution is -0.110. The lowest BCUT2D eigenvalue weighted by atomic mass is 10.0. The Kier molecular flexibility index (Phi) is 5.88. The summed E-state index contributed by atoms with van der Waals surface area (Å²) in [7, 11) is 0. The van der Waals surface area contributed by atoms with Crippen molar-refractivity contribution in [2.75, 3.05) is 50.0 Å². The number of carbonyl (C=O) groups excluding carboxylic acids is 1. The van der Waals surface area contributed by atoms with Gasteiger partial charge in [-0.3, -0.25) is 9.69 Å². The Morgan fingerprint density at radius 1 is 1.09 bits per heavy atom. The normalized spacial score (nSPS) is 20.9. The number of aromatic carboxylic acids is 1. The number of nitrogens with zero attached hydrogens (tertiary/aromatic N) is 2. The van der Waals surface area contributed by atoms with Gasteiger partial charge in [0.25, 0.3) is 5.91 Å². The molecule has 0 aromatic heterocycles. The van der Waals surface area contributed by atoms with Crippen LogP contribution in [0.1, 0.15) is 21.5 Å². The largest absolute Gasteiger partial charge is 0.478 e. The number of fused-ring (bicyclic) bond motifs is 2. The Hall–Kier alpha value is -3.21. The molecule has 1 amide bonds. The Labute approximate surface area is 198 Å². The first-order valence-corrected chi connectivity index (χ1v) is 11.4. The highest BCUT2D eigenvalue weighted by Gasteiger charge is 2.35. The molecule has 33 heavy (non-hydrogen) atoms. The molecule has 4 N–H and O–H groups in total. The van der Waals surface area contributed by atoms with Gasteiger partial charge in [-0.2, -0.15) is 0 Å². The monoisotopic (exact) mass is 511 g/mol. The molecule has 1 fully saturated rings. The summed E-state index contributed by atoms with van der Waals surface area (Å²) in [6, 6.07) is 10.3. The van der Waals surface area contributed by atoms with Crippen LogP contribution >= 0.6 is 15.9 Å². The van der Waals surface area contributed by atoms with E-state index in [0.29, 0.717) is 40.5 Å². The second-order valence-corrected chi connectivity index (χ2v) is 8.86. The van der Waals surface area contributed by atoms with Crippen molar-refractivity contribution < 1.29 is 19.5 Å². The standard InChI is InChI=1S/C23H22BrN5O4/c24-14-2-3-15-18(12-14)27-22(30)19(15)21-20(28-33-10-9-29-7-5-25-6-8-29)16-11-13(23(31)32)1-4-17(16)26-21/h1-4,11-12,25-26H,5-10H2,(H,27,30)(H,31,32)/b21-19-,28-20+. The second kappa shape index (κ2) is 8.97. The number of rotatable bonds is 5. The molecule has 0 atom stereocenters. The van der Waals surface area contributed by atoms with Gasteiger partial charge in [0, 0.05) is 54.0 Å². The number of halogens is 1. The number of carboxylic acids is 1. The third-order valence-corrected chi connectivity index (χ3v) is 6.35. The van der Waals surface area contributed by atoms with Crippen molar-refractivity contribution in [1.82, 2.24) is 10.2 Å². The van der Waals surface area contributed by atoms with Gasteiger partial charge in [-0.05, 0) is 30.3 Å². The summed E-state index contributed by atoms with van der Waals surface area (Å²) in [5.74, 6) is -1.29. The molecule has 170 valence electrons. The summed E-state index contributed by atoms with van der Waals surface area (Å²) in [5.41, 5.74) is 4.17. The third kappa shape index (κ3) is 4.24. The fourth-order valence-electron chi connectivity index (χ4n) is 4.19. The van der Waals surface area contributed by atoms with Crippen LogP contribution in [0, 0.1) is 0 Å².